The minimum atomic E-state index is 0.0443. The van der Waals surface area contributed by atoms with Crippen LogP contribution in [0.15, 0.2) is 22.6 Å². The first-order valence-electron chi connectivity index (χ1n) is 7.03. The van der Waals surface area contributed by atoms with Crippen LogP contribution in [-0.4, -0.2) is 34.8 Å². The van der Waals surface area contributed by atoms with Gasteiger partial charge >= 0.3 is 0 Å². The standard InChI is InChI=1S/C14H19N3O2S/c1-10(12-3-2-7-19-12)15-5-6-17-9-16-13-11(14(17)18)4-8-20-13/h4,8-10,12,15H,2-3,5-7H2,1H3. The number of thiophene rings is 1. The molecule has 3 heterocycles. The highest BCUT2D eigenvalue weighted by molar-refractivity contribution is 7.16. The van der Waals surface area contributed by atoms with E-state index >= 15 is 0 Å². The summed E-state index contributed by atoms with van der Waals surface area (Å²) < 4.78 is 7.32. The van der Waals surface area contributed by atoms with Crippen LogP contribution in [0.4, 0.5) is 0 Å². The quantitative estimate of drug-likeness (QED) is 0.910. The van der Waals surface area contributed by atoms with Crippen molar-refractivity contribution in [1.29, 1.82) is 0 Å². The molecule has 0 spiro atoms. The van der Waals surface area contributed by atoms with Gasteiger partial charge in [-0.1, -0.05) is 0 Å². The van der Waals surface area contributed by atoms with Crippen molar-refractivity contribution in [2.75, 3.05) is 13.2 Å². The predicted molar refractivity (Wildman–Crippen MR) is 80.3 cm³/mol. The summed E-state index contributed by atoms with van der Waals surface area (Å²) in [6.45, 7) is 4.39. The summed E-state index contributed by atoms with van der Waals surface area (Å²) in [5.41, 5.74) is 0.0443. The van der Waals surface area contributed by atoms with Gasteiger partial charge in [0.25, 0.3) is 5.56 Å². The van der Waals surface area contributed by atoms with E-state index in [0.29, 0.717) is 24.1 Å². The van der Waals surface area contributed by atoms with Gasteiger partial charge in [0.15, 0.2) is 0 Å². The molecule has 2 aromatic rings. The monoisotopic (exact) mass is 293 g/mol. The Kier molecular flexibility index (Phi) is 4.14. The molecule has 20 heavy (non-hydrogen) atoms. The molecule has 1 aliphatic heterocycles. The Balaban J connectivity index is 1.59. The Morgan fingerprint density at radius 1 is 1.65 bits per heavy atom. The molecule has 1 fully saturated rings. The molecule has 5 nitrogen and oxygen atoms in total. The maximum absolute atomic E-state index is 12.2. The Hall–Kier alpha value is -1.24. The first kappa shape index (κ1) is 13.7. The average Bonchev–Trinajstić information content (AvgIpc) is 3.11. The zero-order valence-electron chi connectivity index (χ0n) is 11.5. The minimum Gasteiger partial charge on any atom is -0.377 e. The van der Waals surface area contributed by atoms with Crippen LogP contribution in [0.5, 0.6) is 0 Å². The molecule has 1 N–H and O–H groups in total. The second-order valence-electron chi connectivity index (χ2n) is 5.18. The van der Waals surface area contributed by atoms with E-state index in [1.807, 2.05) is 11.4 Å². The number of hydrogen-bond donors (Lipinski definition) is 1. The Morgan fingerprint density at radius 2 is 2.55 bits per heavy atom. The summed E-state index contributed by atoms with van der Waals surface area (Å²) in [6.07, 6.45) is 4.22. The smallest absolute Gasteiger partial charge is 0.262 e. The first-order valence-corrected chi connectivity index (χ1v) is 7.91. The van der Waals surface area contributed by atoms with Crippen molar-refractivity contribution in [3.05, 3.63) is 28.1 Å². The third-order valence-corrected chi connectivity index (χ3v) is 4.61. The minimum absolute atomic E-state index is 0.0443. The predicted octanol–water partition coefficient (Wildman–Crippen LogP) is 1.62. The number of nitrogens with one attached hydrogen (secondary N) is 1. The van der Waals surface area contributed by atoms with Crippen molar-refractivity contribution in [2.45, 2.75) is 38.5 Å². The molecule has 2 aromatic heterocycles. The maximum Gasteiger partial charge on any atom is 0.262 e. The second kappa shape index (κ2) is 6.03. The summed E-state index contributed by atoms with van der Waals surface area (Å²) in [6, 6.07) is 2.17. The molecule has 2 unspecified atom stereocenters. The van der Waals surface area contributed by atoms with Crippen molar-refractivity contribution in [3.63, 3.8) is 0 Å². The number of nitrogens with zero attached hydrogens (tertiary/aromatic N) is 2. The van der Waals surface area contributed by atoms with Crippen molar-refractivity contribution in [1.82, 2.24) is 14.9 Å². The van der Waals surface area contributed by atoms with Crippen LogP contribution in [0, 0.1) is 0 Å². The normalized spacial score (nSPS) is 20.6. The topological polar surface area (TPSA) is 56.2 Å². The fourth-order valence-corrected chi connectivity index (χ4v) is 3.32. The van der Waals surface area contributed by atoms with Crippen LogP contribution in [0.25, 0.3) is 10.2 Å². The fraction of sp³-hybridized carbons (Fsp3) is 0.571. The highest BCUT2D eigenvalue weighted by atomic mass is 32.1. The van der Waals surface area contributed by atoms with E-state index < -0.39 is 0 Å². The number of hydrogen-bond acceptors (Lipinski definition) is 5. The summed E-state index contributed by atoms with van der Waals surface area (Å²) in [5.74, 6) is 0. The van der Waals surface area contributed by atoms with Gasteiger partial charge in [0.1, 0.15) is 4.83 Å². The van der Waals surface area contributed by atoms with Crippen molar-refractivity contribution in [2.24, 2.45) is 0 Å². The van der Waals surface area contributed by atoms with Gasteiger partial charge in [-0.15, -0.1) is 11.3 Å². The van der Waals surface area contributed by atoms with Gasteiger partial charge in [-0.25, -0.2) is 4.98 Å². The van der Waals surface area contributed by atoms with Crippen molar-refractivity contribution in [3.8, 4) is 0 Å². The van der Waals surface area contributed by atoms with Crippen molar-refractivity contribution < 1.29 is 4.74 Å². The van der Waals surface area contributed by atoms with Crippen molar-refractivity contribution >= 4 is 21.6 Å². The van der Waals surface area contributed by atoms with E-state index in [4.69, 9.17) is 4.74 Å². The maximum atomic E-state index is 12.2. The van der Waals surface area contributed by atoms with Crippen LogP contribution in [0.3, 0.4) is 0 Å². The molecule has 6 heteroatoms. The molecule has 0 saturated carbocycles. The largest absolute Gasteiger partial charge is 0.377 e. The zero-order valence-corrected chi connectivity index (χ0v) is 12.4. The Labute approximate surface area is 121 Å². The van der Waals surface area contributed by atoms with Gasteiger partial charge in [0.2, 0.25) is 0 Å². The number of ether oxygens (including phenoxy) is 1. The third kappa shape index (κ3) is 2.77. The lowest BCUT2D eigenvalue weighted by Gasteiger charge is -2.20. The molecule has 2 atom stereocenters. The van der Waals surface area contributed by atoms with Crippen LogP contribution < -0.4 is 10.9 Å². The fourth-order valence-electron chi connectivity index (χ4n) is 2.59. The zero-order chi connectivity index (χ0) is 13.9. The summed E-state index contributed by atoms with van der Waals surface area (Å²) in [4.78, 5) is 17.3. The summed E-state index contributed by atoms with van der Waals surface area (Å²) >= 11 is 1.50. The van der Waals surface area contributed by atoms with Gasteiger partial charge in [-0.05, 0) is 31.2 Å². The Bertz CT molecular complexity index is 631. The van der Waals surface area contributed by atoms with E-state index in [-0.39, 0.29) is 5.56 Å². The van der Waals surface area contributed by atoms with Crippen LogP contribution in [-0.2, 0) is 11.3 Å². The molecule has 108 valence electrons. The molecule has 1 saturated heterocycles. The van der Waals surface area contributed by atoms with Crippen LogP contribution in [0.2, 0.25) is 0 Å². The molecular weight excluding hydrogens is 274 g/mol. The number of fused-ring (bicyclic) bond motifs is 1. The van der Waals surface area contributed by atoms with Gasteiger partial charge < -0.3 is 10.1 Å². The number of rotatable bonds is 5. The Morgan fingerprint density at radius 3 is 3.35 bits per heavy atom. The number of aromatic nitrogens is 2. The lowest BCUT2D eigenvalue weighted by molar-refractivity contribution is 0.0835. The SMILES string of the molecule is CC(NCCn1cnc2sccc2c1=O)C1CCCO1. The highest BCUT2D eigenvalue weighted by Gasteiger charge is 2.21. The molecule has 3 rings (SSSR count). The van der Waals surface area contributed by atoms with Crippen LogP contribution in [0.1, 0.15) is 19.8 Å². The highest BCUT2D eigenvalue weighted by Crippen LogP contribution is 2.15. The molecule has 0 radical (unpaired) electrons. The first-order chi connectivity index (χ1) is 9.75. The summed E-state index contributed by atoms with van der Waals surface area (Å²) in [7, 11) is 0. The lowest BCUT2D eigenvalue weighted by atomic mass is 10.1. The third-order valence-electron chi connectivity index (χ3n) is 3.79. The molecule has 0 aromatic carbocycles. The second-order valence-corrected chi connectivity index (χ2v) is 6.07. The van der Waals surface area contributed by atoms with E-state index in [1.165, 1.54) is 11.3 Å². The molecule has 0 amide bonds. The van der Waals surface area contributed by atoms with E-state index in [0.717, 1.165) is 30.8 Å². The molecule has 0 aliphatic carbocycles. The molecule has 1 aliphatic rings. The van der Waals surface area contributed by atoms with E-state index in [2.05, 4.69) is 17.2 Å². The van der Waals surface area contributed by atoms with Gasteiger partial charge in [-0.2, -0.15) is 0 Å². The van der Waals surface area contributed by atoms with Gasteiger partial charge in [0, 0.05) is 25.7 Å². The van der Waals surface area contributed by atoms with Gasteiger partial charge in [0.05, 0.1) is 17.8 Å². The van der Waals surface area contributed by atoms with E-state index in [1.54, 1.807) is 10.9 Å². The van der Waals surface area contributed by atoms with Gasteiger partial charge in [-0.3, -0.25) is 9.36 Å². The molecular formula is C14H19N3O2S. The molecule has 0 bridgehead atoms. The summed E-state index contributed by atoms with van der Waals surface area (Å²) in [5, 5.41) is 6.05. The van der Waals surface area contributed by atoms with Crippen LogP contribution >= 0.6 is 11.3 Å². The lowest BCUT2D eigenvalue weighted by Crippen LogP contribution is -2.39. The average molecular weight is 293 g/mol. The van der Waals surface area contributed by atoms with E-state index in [9.17, 15) is 4.79 Å².